The molecule has 4 nitrogen and oxygen atoms in total. The summed E-state index contributed by atoms with van der Waals surface area (Å²) in [5.74, 6) is 0.420. The molecule has 2 rings (SSSR count). The number of nitrogens with zero attached hydrogens (tertiary/aromatic N) is 2. The lowest BCUT2D eigenvalue weighted by molar-refractivity contribution is 0.439. The fourth-order valence-corrected chi connectivity index (χ4v) is 2.47. The lowest BCUT2D eigenvalue weighted by Crippen LogP contribution is -2.13. The topological polar surface area (TPSA) is 47.0 Å². The van der Waals surface area contributed by atoms with Crippen LogP contribution in [-0.4, -0.2) is 16.5 Å². The van der Waals surface area contributed by atoms with Crippen molar-refractivity contribution in [1.82, 2.24) is 15.3 Å². The number of halogens is 3. The average Bonchev–Trinajstić information content (AvgIpc) is 2.44. The van der Waals surface area contributed by atoms with Crippen LogP contribution in [0.3, 0.4) is 0 Å². The number of hydrogen-bond donors (Lipinski definition) is 1. The smallest absolute Gasteiger partial charge is 0.322 e. The number of nitrogens with one attached hydrogen (secondary N) is 1. The molecule has 1 aromatic carbocycles. The molecule has 0 aliphatic heterocycles. The maximum Gasteiger partial charge on any atom is 0.322 e. The molecule has 2 aromatic rings. The van der Waals surface area contributed by atoms with Crippen LogP contribution in [0.25, 0.3) is 0 Å². The first-order valence-electron chi connectivity index (χ1n) is 6.37. The van der Waals surface area contributed by atoms with Gasteiger partial charge in [-0.2, -0.15) is 4.98 Å². The van der Waals surface area contributed by atoms with E-state index in [-0.39, 0.29) is 6.01 Å². The molecule has 21 heavy (non-hydrogen) atoms. The van der Waals surface area contributed by atoms with Gasteiger partial charge >= 0.3 is 6.01 Å². The molecule has 1 N–H and O–H groups in total. The first-order chi connectivity index (χ1) is 10.0. The minimum atomic E-state index is 0.244. The molecule has 112 valence electrons. The maximum absolute atomic E-state index is 6.11. The van der Waals surface area contributed by atoms with Gasteiger partial charge in [0.25, 0.3) is 0 Å². The van der Waals surface area contributed by atoms with Crippen molar-refractivity contribution in [1.29, 1.82) is 0 Å². The Labute approximate surface area is 142 Å². The van der Waals surface area contributed by atoms with Gasteiger partial charge in [0.05, 0.1) is 10.0 Å². The summed E-state index contributed by atoms with van der Waals surface area (Å²) in [6.07, 6.45) is 1.74. The fourth-order valence-electron chi connectivity index (χ4n) is 1.63. The van der Waals surface area contributed by atoms with Crippen molar-refractivity contribution in [3.63, 3.8) is 0 Å². The molecule has 0 atom stereocenters. The van der Waals surface area contributed by atoms with Gasteiger partial charge in [-0.05, 0) is 35.5 Å². The summed E-state index contributed by atoms with van der Waals surface area (Å²) < 4.78 is 6.31. The van der Waals surface area contributed by atoms with Gasteiger partial charge in [0, 0.05) is 34.5 Å². The van der Waals surface area contributed by atoms with Crippen LogP contribution in [0.15, 0.2) is 22.8 Å². The Morgan fingerprint density at radius 1 is 1.29 bits per heavy atom. The molecule has 1 heterocycles. The predicted octanol–water partition coefficient (Wildman–Crippen LogP) is 4.76. The third-order valence-corrected chi connectivity index (χ3v) is 4.29. The van der Waals surface area contributed by atoms with Crippen LogP contribution in [0.1, 0.15) is 18.2 Å². The van der Waals surface area contributed by atoms with E-state index in [0.29, 0.717) is 20.3 Å². The summed E-state index contributed by atoms with van der Waals surface area (Å²) in [5, 5.41) is 4.18. The third-order valence-electron chi connectivity index (χ3n) is 2.80. The Morgan fingerprint density at radius 3 is 2.71 bits per heavy atom. The van der Waals surface area contributed by atoms with Crippen LogP contribution in [0.4, 0.5) is 0 Å². The number of aromatic nitrogens is 2. The molecular formula is C14H14BrCl2N3O. The highest BCUT2D eigenvalue weighted by Crippen LogP contribution is 2.35. The van der Waals surface area contributed by atoms with Crippen molar-refractivity contribution in [2.24, 2.45) is 0 Å². The van der Waals surface area contributed by atoms with Crippen LogP contribution >= 0.6 is 39.1 Å². The predicted molar refractivity (Wildman–Crippen MR) is 88.4 cm³/mol. The normalized spacial score (nSPS) is 10.7. The maximum atomic E-state index is 6.11. The quantitative estimate of drug-likeness (QED) is 0.748. The molecule has 0 bridgehead atoms. The van der Waals surface area contributed by atoms with E-state index in [1.165, 1.54) is 0 Å². The van der Waals surface area contributed by atoms with E-state index < -0.39 is 0 Å². The Balaban J connectivity index is 2.20. The molecule has 0 radical (unpaired) electrons. The second kappa shape index (κ2) is 7.40. The van der Waals surface area contributed by atoms with E-state index in [1.54, 1.807) is 18.3 Å². The summed E-state index contributed by atoms with van der Waals surface area (Å²) in [6.45, 7) is 5.59. The Kier molecular flexibility index (Phi) is 5.81. The SMILES string of the molecule is CCNCc1cnc(Oc2cc(Cl)c(Br)cc2Cl)nc1C. The van der Waals surface area contributed by atoms with Crippen molar-refractivity contribution in [2.75, 3.05) is 6.54 Å². The van der Waals surface area contributed by atoms with Gasteiger partial charge in [-0.1, -0.05) is 30.1 Å². The Hall–Kier alpha value is -0.880. The van der Waals surface area contributed by atoms with Gasteiger partial charge in [0.15, 0.2) is 5.75 Å². The van der Waals surface area contributed by atoms with Crippen molar-refractivity contribution < 1.29 is 4.74 Å². The first-order valence-corrected chi connectivity index (χ1v) is 7.91. The number of rotatable bonds is 5. The van der Waals surface area contributed by atoms with Gasteiger partial charge in [-0.25, -0.2) is 4.98 Å². The minimum Gasteiger partial charge on any atom is -0.423 e. The van der Waals surface area contributed by atoms with Crippen LogP contribution in [0.2, 0.25) is 10.0 Å². The van der Waals surface area contributed by atoms with Crippen molar-refractivity contribution in [2.45, 2.75) is 20.4 Å². The van der Waals surface area contributed by atoms with E-state index in [9.17, 15) is 0 Å². The highest BCUT2D eigenvalue weighted by atomic mass is 79.9. The number of aryl methyl sites for hydroxylation is 1. The zero-order valence-electron chi connectivity index (χ0n) is 11.6. The molecule has 0 fully saturated rings. The molecule has 7 heteroatoms. The monoisotopic (exact) mass is 389 g/mol. The van der Waals surface area contributed by atoms with Gasteiger partial charge in [-0.15, -0.1) is 0 Å². The standard InChI is InChI=1S/C14H14BrCl2N3O/c1-3-18-6-9-7-19-14(20-8(9)2)21-13-5-11(16)10(15)4-12(13)17/h4-5,7,18H,3,6H2,1-2H3. The summed E-state index contributed by atoms with van der Waals surface area (Å²) >= 11 is 15.4. The van der Waals surface area contributed by atoms with Gasteiger partial charge in [0.1, 0.15) is 0 Å². The zero-order chi connectivity index (χ0) is 15.4. The van der Waals surface area contributed by atoms with E-state index in [1.807, 2.05) is 13.8 Å². The fraction of sp³-hybridized carbons (Fsp3) is 0.286. The first kappa shape index (κ1) is 16.5. The van der Waals surface area contributed by atoms with E-state index in [4.69, 9.17) is 27.9 Å². The molecule has 0 aliphatic rings. The Bertz CT molecular complexity index is 652. The van der Waals surface area contributed by atoms with E-state index >= 15 is 0 Å². The highest BCUT2D eigenvalue weighted by molar-refractivity contribution is 9.10. The zero-order valence-corrected chi connectivity index (χ0v) is 14.7. The highest BCUT2D eigenvalue weighted by Gasteiger charge is 2.10. The van der Waals surface area contributed by atoms with Gasteiger partial charge < -0.3 is 10.1 Å². The number of ether oxygens (including phenoxy) is 1. The van der Waals surface area contributed by atoms with Gasteiger partial charge in [-0.3, -0.25) is 0 Å². The molecule has 0 unspecified atom stereocenters. The lowest BCUT2D eigenvalue weighted by Gasteiger charge is -2.10. The second-order valence-electron chi connectivity index (χ2n) is 4.34. The van der Waals surface area contributed by atoms with Crippen molar-refractivity contribution >= 4 is 39.1 Å². The molecule has 0 amide bonds. The molecular weight excluding hydrogens is 377 g/mol. The van der Waals surface area contributed by atoms with E-state index in [0.717, 1.165) is 24.3 Å². The summed E-state index contributed by atoms with van der Waals surface area (Å²) in [7, 11) is 0. The third kappa shape index (κ3) is 4.30. The summed E-state index contributed by atoms with van der Waals surface area (Å²) in [4.78, 5) is 8.52. The minimum absolute atomic E-state index is 0.244. The van der Waals surface area contributed by atoms with E-state index in [2.05, 4.69) is 31.2 Å². The molecule has 0 aliphatic carbocycles. The molecule has 0 saturated carbocycles. The summed E-state index contributed by atoms with van der Waals surface area (Å²) in [6, 6.07) is 3.54. The molecule has 0 saturated heterocycles. The Morgan fingerprint density at radius 2 is 2.05 bits per heavy atom. The van der Waals surface area contributed by atoms with Gasteiger partial charge in [0.2, 0.25) is 0 Å². The van der Waals surface area contributed by atoms with Crippen LogP contribution < -0.4 is 10.1 Å². The number of benzene rings is 1. The largest absolute Gasteiger partial charge is 0.423 e. The number of hydrogen-bond acceptors (Lipinski definition) is 4. The molecule has 0 spiro atoms. The second-order valence-corrected chi connectivity index (χ2v) is 6.01. The van der Waals surface area contributed by atoms with Crippen molar-refractivity contribution in [3.8, 4) is 11.8 Å². The van der Waals surface area contributed by atoms with Crippen molar-refractivity contribution in [3.05, 3.63) is 44.1 Å². The molecule has 1 aromatic heterocycles. The van der Waals surface area contributed by atoms with Crippen LogP contribution in [-0.2, 0) is 6.54 Å². The van der Waals surface area contributed by atoms with Crippen LogP contribution in [0, 0.1) is 6.92 Å². The van der Waals surface area contributed by atoms with Crippen LogP contribution in [0.5, 0.6) is 11.8 Å². The summed E-state index contributed by atoms with van der Waals surface area (Å²) in [5.41, 5.74) is 1.89. The average molecular weight is 391 g/mol. The lowest BCUT2D eigenvalue weighted by atomic mass is 10.2.